The first-order valence-corrected chi connectivity index (χ1v) is 8.19. The lowest BCUT2D eigenvalue weighted by molar-refractivity contribution is 0.200. The minimum Gasteiger partial charge on any atom is -0.365 e. The van der Waals surface area contributed by atoms with Crippen LogP contribution >= 0.6 is 0 Å². The van der Waals surface area contributed by atoms with E-state index in [-0.39, 0.29) is 0 Å². The minimum absolute atomic E-state index is 0.376. The normalized spacial score (nSPS) is 25.9. The molecule has 0 radical (unpaired) electrons. The largest absolute Gasteiger partial charge is 0.365 e. The maximum absolute atomic E-state index is 3.88. The highest BCUT2D eigenvalue weighted by Crippen LogP contribution is 2.35. The molecule has 3 rings (SSSR count). The Hall–Kier alpha value is -1.02. The standard InChI is InChI=1S/C18H28N2/c1-14-7-8-15(2)17(11-14)20-13-18(19-12-16(20)3)9-5-4-6-10-18/h7-8,11,16,19H,4-6,9-10,12-13H2,1-3H3. The number of rotatable bonds is 1. The lowest BCUT2D eigenvalue weighted by Gasteiger charge is -2.50. The molecule has 2 heteroatoms. The van der Waals surface area contributed by atoms with Crippen molar-refractivity contribution < 1.29 is 0 Å². The number of aryl methyl sites for hydroxylation is 2. The quantitative estimate of drug-likeness (QED) is 0.836. The van der Waals surface area contributed by atoms with Crippen LogP contribution < -0.4 is 10.2 Å². The zero-order valence-corrected chi connectivity index (χ0v) is 13.2. The van der Waals surface area contributed by atoms with Gasteiger partial charge in [-0.3, -0.25) is 0 Å². The van der Waals surface area contributed by atoms with Crippen LogP contribution in [0.2, 0.25) is 0 Å². The summed E-state index contributed by atoms with van der Waals surface area (Å²) in [6, 6.07) is 7.45. The number of benzene rings is 1. The second-order valence-corrected chi connectivity index (χ2v) is 6.99. The molecule has 2 aliphatic rings. The molecule has 1 aromatic carbocycles. The van der Waals surface area contributed by atoms with Crippen molar-refractivity contribution in [2.24, 2.45) is 0 Å². The lowest BCUT2D eigenvalue weighted by Crippen LogP contribution is -2.64. The third-order valence-corrected chi connectivity index (χ3v) is 5.26. The molecule has 2 nitrogen and oxygen atoms in total. The Morgan fingerprint density at radius 3 is 2.65 bits per heavy atom. The van der Waals surface area contributed by atoms with E-state index in [1.54, 1.807) is 0 Å². The molecule has 1 saturated carbocycles. The molecule has 1 aliphatic carbocycles. The van der Waals surface area contributed by atoms with E-state index in [9.17, 15) is 0 Å². The van der Waals surface area contributed by atoms with Gasteiger partial charge < -0.3 is 10.2 Å². The number of hydrogen-bond acceptors (Lipinski definition) is 2. The van der Waals surface area contributed by atoms with E-state index >= 15 is 0 Å². The summed E-state index contributed by atoms with van der Waals surface area (Å²) in [7, 11) is 0. The molecule has 110 valence electrons. The molecule has 1 heterocycles. The first kappa shape index (κ1) is 13.9. The average Bonchev–Trinajstić information content (AvgIpc) is 2.46. The molecule has 1 aromatic rings. The summed E-state index contributed by atoms with van der Waals surface area (Å²) in [4.78, 5) is 2.66. The van der Waals surface area contributed by atoms with Gasteiger partial charge in [0, 0.05) is 30.4 Å². The predicted octanol–water partition coefficient (Wildman–Crippen LogP) is 3.80. The molecule has 0 amide bonds. The number of piperazine rings is 1. The summed E-state index contributed by atoms with van der Waals surface area (Å²) >= 11 is 0. The zero-order valence-electron chi connectivity index (χ0n) is 13.2. The van der Waals surface area contributed by atoms with E-state index < -0.39 is 0 Å². The zero-order chi connectivity index (χ0) is 14.2. The van der Waals surface area contributed by atoms with Crippen LogP contribution in [0.3, 0.4) is 0 Å². The molecule has 1 unspecified atom stereocenters. The smallest absolute Gasteiger partial charge is 0.0402 e. The Kier molecular flexibility index (Phi) is 3.76. The third kappa shape index (κ3) is 2.58. The fourth-order valence-corrected chi connectivity index (χ4v) is 3.93. The predicted molar refractivity (Wildman–Crippen MR) is 86.5 cm³/mol. The van der Waals surface area contributed by atoms with E-state index in [2.05, 4.69) is 49.2 Å². The molecule has 1 saturated heterocycles. The Labute approximate surface area is 123 Å². The highest BCUT2D eigenvalue weighted by molar-refractivity contribution is 5.56. The minimum atomic E-state index is 0.376. The van der Waals surface area contributed by atoms with Crippen molar-refractivity contribution in [1.82, 2.24) is 5.32 Å². The molecule has 0 aromatic heterocycles. The number of nitrogens with one attached hydrogen (secondary N) is 1. The van der Waals surface area contributed by atoms with Gasteiger partial charge in [-0.25, -0.2) is 0 Å². The van der Waals surface area contributed by atoms with Gasteiger partial charge in [0.25, 0.3) is 0 Å². The molecule has 2 fully saturated rings. The second-order valence-electron chi connectivity index (χ2n) is 6.99. The van der Waals surface area contributed by atoms with Gasteiger partial charge in [-0.2, -0.15) is 0 Å². The maximum atomic E-state index is 3.88. The van der Waals surface area contributed by atoms with Crippen molar-refractivity contribution >= 4 is 5.69 Å². The van der Waals surface area contributed by atoms with Gasteiger partial charge in [0.2, 0.25) is 0 Å². The number of hydrogen-bond donors (Lipinski definition) is 1. The monoisotopic (exact) mass is 272 g/mol. The molecule has 1 spiro atoms. The van der Waals surface area contributed by atoms with Gasteiger partial charge in [0.05, 0.1) is 0 Å². The van der Waals surface area contributed by atoms with Gasteiger partial charge in [-0.1, -0.05) is 31.4 Å². The Morgan fingerprint density at radius 2 is 1.90 bits per heavy atom. The van der Waals surface area contributed by atoms with E-state index in [4.69, 9.17) is 0 Å². The summed E-state index contributed by atoms with van der Waals surface area (Å²) in [6.07, 6.45) is 6.90. The molecule has 20 heavy (non-hydrogen) atoms. The summed E-state index contributed by atoms with van der Waals surface area (Å²) in [5.41, 5.74) is 4.61. The number of anilines is 1. The van der Waals surface area contributed by atoms with Gasteiger partial charge in [0.15, 0.2) is 0 Å². The summed E-state index contributed by atoms with van der Waals surface area (Å²) in [6.45, 7) is 9.10. The van der Waals surface area contributed by atoms with Crippen molar-refractivity contribution in [2.75, 3.05) is 18.0 Å². The van der Waals surface area contributed by atoms with E-state index in [1.165, 1.54) is 55.5 Å². The van der Waals surface area contributed by atoms with Crippen LogP contribution in [0.5, 0.6) is 0 Å². The molecular weight excluding hydrogens is 244 g/mol. The van der Waals surface area contributed by atoms with Crippen molar-refractivity contribution in [2.45, 2.75) is 64.5 Å². The number of nitrogens with zero attached hydrogens (tertiary/aromatic N) is 1. The van der Waals surface area contributed by atoms with E-state index in [0.717, 1.165) is 6.54 Å². The van der Waals surface area contributed by atoms with Crippen LogP contribution in [-0.2, 0) is 0 Å². The van der Waals surface area contributed by atoms with Crippen LogP contribution in [0.15, 0.2) is 18.2 Å². The van der Waals surface area contributed by atoms with Crippen LogP contribution in [0, 0.1) is 13.8 Å². The van der Waals surface area contributed by atoms with Crippen molar-refractivity contribution in [1.29, 1.82) is 0 Å². The fraction of sp³-hybridized carbons (Fsp3) is 0.667. The maximum Gasteiger partial charge on any atom is 0.0402 e. The Morgan fingerprint density at radius 1 is 1.15 bits per heavy atom. The van der Waals surface area contributed by atoms with Gasteiger partial charge in [-0.05, 0) is 50.8 Å². The molecular formula is C18H28N2. The second kappa shape index (κ2) is 5.40. The van der Waals surface area contributed by atoms with Gasteiger partial charge in [-0.15, -0.1) is 0 Å². The van der Waals surface area contributed by atoms with Crippen LogP contribution in [-0.4, -0.2) is 24.7 Å². The van der Waals surface area contributed by atoms with E-state index in [1.807, 2.05) is 0 Å². The molecule has 1 N–H and O–H groups in total. The van der Waals surface area contributed by atoms with Crippen molar-refractivity contribution in [3.05, 3.63) is 29.3 Å². The Bertz CT molecular complexity index is 474. The summed E-state index contributed by atoms with van der Waals surface area (Å²) < 4.78 is 0. The molecule has 0 bridgehead atoms. The molecule has 1 atom stereocenters. The molecule has 1 aliphatic heterocycles. The highest BCUT2D eigenvalue weighted by atomic mass is 15.3. The summed E-state index contributed by atoms with van der Waals surface area (Å²) in [5.74, 6) is 0. The van der Waals surface area contributed by atoms with Gasteiger partial charge in [0.1, 0.15) is 0 Å². The van der Waals surface area contributed by atoms with E-state index in [0.29, 0.717) is 11.6 Å². The van der Waals surface area contributed by atoms with Crippen molar-refractivity contribution in [3.63, 3.8) is 0 Å². The third-order valence-electron chi connectivity index (χ3n) is 5.26. The topological polar surface area (TPSA) is 15.3 Å². The van der Waals surface area contributed by atoms with Crippen LogP contribution in [0.4, 0.5) is 5.69 Å². The SMILES string of the molecule is Cc1ccc(C)c(N2CC3(CCCCC3)NCC2C)c1. The Balaban J connectivity index is 1.88. The van der Waals surface area contributed by atoms with Crippen LogP contribution in [0.25, 0.3) is 0 Å². The first-order chi connectivity index (χ1) is 9.60. The fourth-order valence-electron chi connectivity index (χ4n) is 3.93. The van der Waals surface area contributed by atoms with Gasteiger partial charge >= 0.3 is 0 Å². The first-order valence-electron chi connectivity index (χ1n) is 8.19. The lowest BCUT2D eigenvalue weighted by atomic mass is 9.79. The highest BCUT2D eigenvalue weighted by Gasteiger charge is 2.38. The van der Waals surface area contributed by atoms with Crippen LogP contribution in [0.1, 0.15) is 50.2 Å². The summed E-state index contributed by atoms with van der Waals surface area (Å²) in [5, 5.41) is 3.88. The average molecular weight is 272 g/mol. The van der Waals surface area contributed by atoms with Crippen molar-refractivity contribution in [3.8, 4) is 0 Å².